The van der Waals surface area contributed by atoms with E-state index in [1.807, 2.05) is 42.5 Å². The third kappa shape index (κ3) is 4.69. The zero-order valence-corrected chi connectivity index (χ0v) is 16.4. The van der Waals surface area contributed by atoms with Crippen molar-refractivity contribution in [3.8, 4) is 11.5 Å². The van der Waals surface area contributed by atoms with Crippen LogP contribution in [0.5, 0.6) is 11.5 Å². The van der Waals surface area contributed by atoms with Gasteiger partial charge in [-0.1, -0.05) is 30.3 Å². The molecule has 2 aliphatic heterocycles. The lowest BCUT2D eigenvalue weighted by Gasteiger charge is -2.33. The number of quaternary nitrogens is 2. The molecular formula is C21H28N2O3S+2. The van der Waals surface area contributed by atoms with E-state index in [2.05, 4.69) is 12.1 Å². The molecule has 144 valence electrons. The van der Waals surface area contributed by atoms with Crippen LogP contribution >= 0.6 is 0 Å². The smallest absolute Gasteiger partial charge is 0.156 e. The minimum absolute atomic E-state index is 0.310. The fourth-order valence-electron chi connectivity index (χ4n) is 4.26. The van der Waals surface area contributed by atoms with E-state index >= 15 is 0 Å². The minimum Gasteiger partial charge on any atom is -0.457 e. The van der Waals surface area contributed by atoms with Crippen LogP contribution in [0.3, 0.4) is 0 Å². The second kappa shape index (κ2) is 8.00. The fraction of sp³-hybridized carbons (Fsp3) is 0.429. The van der Waals surface area contributed by atoms with E-state index < -0.39 is 9.84 Å². The van der Waals surface area contributed by atoms with E-state index in [0.717, 1.165) is 50.6 Å². The number of piperazine rings is 1. The molecule has 0 spiro atoms. The van der Waals surface area contributed by atoms with Crippen LogP contribution < -0.4 is 14.5 Å². The van der Waals surface area contributed by atoms with Gasteiger partial charge in [0.1, 0.15) is 56.0 Å². The summed E-state index contributed by atoms with van der Waals surface area (Å²) in [6.45, 7) is 5.20. The highest BCUT2D eigenvalue weighted by molar-refractivity contribution is 7.91. The lowest BCUT2D eigenvalue weighted by atomic mass is 10.1. The third-order valence-electron chi connectivity index (χ3n) is 5.79. The van der Waals surface area contributed by atoms with E-state index in [1.54, 1.807) is 4.90 Å². The Labute approximate surface area is 161 Å². The highest BCUT2D eigenvalue weighted by Crippen LogP contribution is 2.24. The van der Waals surface area contributed by atoms with Crippen LogP contribution in [-0.2, 0) is 16.4 Å². The monoisotopic (exact) mass is 388 g/mol. The lowest BCUT2D eigenvalue weighted by Crippen LogP contribution is -3.29. The number of para-hydroxylation sites is 2. The van der Waals surface area contributed by atoms with Gasteiger partial charge in [-0.15, -0.1) is 0 Å². The molecule has 0 amide bonds. The van der Waals surface area contributed by atoms with E-state index in [9.17, 15) is 8.42 Å². The van der Waals surface area contributed by atoms with Gasteiger partial charge in [0.15, 0.2) is 9.84 Å². The maximum Gasteiger partial charge on any atom is 0.156 e. The Morgan fingerprint density at radius 1 is 0.926 bits per heavy atom. The topological polar surface area (TPSA) is 52.2 Å². The largest absolute Gasteiger partial charge is 0.457 e. The van der Waals surface area contributed by atoms with Crippen LogP contribution in [0.15, 0.2) is 54.6 Å². The van der Waals surface area contributed by atoms with Gasteiger partial charge in [0.25, 0.3) is 0 Å². The van der Waals surface area contributed by atoms with Crippen molar-refractivity contribution >= 4 is 9.84 Å². The quantitative estimate of drug-likeness (QED) is 0.755. The van der Waals surface area contributed by atoms with Gasteiger partial charge >= 0.3 is 0 Å². The Morgan fingerprint density at radius 3 is 2.33 bits per heavy atom. The van der Waals surface area contributed by atoms with Crippen LogP contribution in [0.1, 0.15) is 12.0 Å². The highest BCUT2D eigenvalue weighted by atomic mass is 32.2. The number of hydrogen-bond donors (Lipinski definition) is 2. The van der Waals surface area contributed by atoms with Crippen molar-refractivity contribution in [2.24, 2.45) is 0 Å². The molecule has 0 saturated carbocycles. The molecule has 2 fully saturated rings. The zero-order valence-electron chi connectivity index (χ0n) is 15.6. The Kier molecular flexibility index (Phi) is 5.48. The molecule has 27 heavy (non-hydrogen) atoms. The Morgan fingerprint density at radius 2 is 1.63 bits per heavy atom. The Bertz CT molecular complexity index is 862. The fourth-order valence-corrected chi connectivity index (χ4v) is 6.09. The van der Waals surface area contributed by atoms with Gasteiger partial charge in [0.05, 0.1) is 5.75 Å². The maximum absolute atomic E-state index is 11.7. The van der Waals surface area contributed by atoms with Crippen molar-refractivity contribution in [3.63, 3.8) is 0 Å². The summed E-state index contributed by atoms with van der Waals surface area (Å²) < 4.78 is 29.6. The van der Waals surface area contributed by atoms with Crippen LogP contribution in [0.2, 0.25) is 0 Å². The molecule has 0 aromatic heterocycles. The van der Waals surface area contributed by atoms with Gasteiger partial charge in [-0.05, 0) is 24.3 Å². The number of hydrogen-bond acceptors (Lipinski definition) is 3. The van der Waals surface area contributed by atoms with Gasteiger partial charge in [-0.25, -0.2) is 8.42 Å². The van der Waals surface area contributed by atoms with Gasteiger partial charge in [0, 0.05) is 12.0 Å². The molecule has 0 bridgehead atoms. The Balaban J connectivity index is 1.35. The summed E-state index contributed by atoms with van der Waals surface area (Å²) in [4.78, 5) is 3.03. The zero-order chi connectivity index (χ0) is 18.7. The molecular weight excluding hydrogens is 360 g/mol. The maximum atomic E-state index is 11.7. The van der Waals surface area contributed by atoms with Crippen molar-refractivity contribution in [1.82, 2.24) is 0 Å². The summed E-state index contributed by atoms with van der Waals surface area (Å²) in [5.74, 6) is 2.54. The third-order valence-corrected chi connectivity index (χ3v) is 7.56. The molecule has 2 heterocycles. The number of ether oxygens (including phenoxy) is 1. The molecule has 2 saturated heterocycles. The van der Waals surface area contributed by atoms with E-state index in [0.29, 0.717) is 17.5 Å². The molecule has 0 aliphatic carbocycles. The first kappa shape index (κ1) is 18.5. The predicted molar refractivity (Wildman–Crippen MR) is 105 cm³/mol. The van der Waals surface area contributed by atoms with Gasteiger partial charge in [-0.3, -0.25) is 0 Å². The summed E-state index contributed by atoms with van der Waals surface area (Å²) in [7, 11) is -2.79. The normalized spacial score (nSPS) is 27.3. The Hall–Kier alpha value is -1.89. The van der Waals surface area contributed by atoms with E-state index in [1.165, 1.54) is 10.5 Å². The minimum atomic E-state index is -2.79. The average molecular weight is 389 g/mol. The van der Waals surface area contributed by atoms with Crippen molar-refractivity contribution < 1.29 is 23.0 Å². The van der Waals surface area contributed by atoms with Crippen molar-refractivity contribution in [2.45, 2.75) is 19.0 Å². The molecule has 2 aromatic carbocycles. The first-order chi connectivity index (χ1) is 13.1. The van der Waals surface area contributed by atoms with E-state index in [-0.39, 0.29) is 0 Å². The van der Waals surface area contributed by atoms with Crippen molar-refractivity contribution in [3.05, 3.63) is 60.2 Å². The SMILES string of the molecule is O=S1(=O)CC[C@H]([NH+]2CC[NH+](Cc3ccccc3Oc3ccccc3)CC2)C1. The van der Waals surface area contributed by atoms with Crippen LogP contribution in [-0.4, -0.2) is 52.1 Å². The second-order valence-corrected chi connectivity index (χ2v) is 9.94. The molecule has 6 heteroatoms. The summed E-state index contributed by atoms with van der Waals surface area (Å²) in [6.07, 6.45) is 0.834. The average Bonchev–Trinajstić information content (AvgIpc) is 3.05. The van der Waals surface area contributed by atoms with Crippen LogP contribution in [0.4, 0.5) is 0 Å². The first-order valence-electron chi connectivity index (χ1n) is 9.78. The molecule has 0 radical (unpaired) electrons. The second-order valence-electron chi connectivity index (χ2n) is 7.71. The highest BCUT2D eigenvalue weighted by Gasteiger charge is 2.37. The summed E-state index contributed by atoms with van der Waals surface area (Å²) in [5.41, 5.74) is 1.23. The molecule has 4 rings (SSSR count). The van der Waals surface area contributed by atoms with Crippen molar-refractivity contribution in [2.75, 3.05) is 37.7 Å². The molecule has 2 N–H and O–H groups in total. The van der Waals surface area contributed by atoms with Crippen LogP contribution in [0.25, 0.3) is 0 Å². The first-order valence-corrected chi connectivity index (χ1v) is 11.6. The van der Waals surface area contributed by atoms with E-state index in [4.69, 9.17) is 4.74 Å². The number of benzene rings is 2. The summed E-state index contributed by atoms with van der Waals surface area (Å²) >= 11 is 0. The van der Waals surface area contributed by atoms with Crippen molar-refractivity contribution in [1.29, 1.82) is 0 Å². The number of rotatable bonds is 5. The number of sulfone groups is 1. The molecule has 0 unspecified atom stereocenters. The summed E-state index contributed by atoms with van der Waals surface area (Å²) in [6, 6.07) is 18.5. The molecule has 5 nitrogen and oxygen atoms in total. The lowest BCUT2D eigenvalue weighted by molar-refractivity contribution is -1.03. The number of nitrogens with one attached hydrogen (secondary N) is 2. The van der Waals surface area contributed by atoms with Crippen LogP contribution in [0, 0.1) is 0 Å². The molecule has 1 atom stereocenters. The summed E-state index contributed by atoms with van der Waals surface area (Å²) in [5, 5.41) is 0. The molecule has 2 aliphatic rings. The van der Waals surface area contributed by atoms with Gasteiger partial charge < -0.3 is 14.5 Å². The standard InChI is InChI=1S/C21H26N2O3S/c24-27(25)15-10-19(17-27)23-13-11-22(12-14-23)16-18-6-4-5-9-21(18)26-20-7-2-1-3-8-20/h1-9,19H,10-17H2/p+2/t19-/m0/s1. The van der Waals surface area contributed by atoms with Gasteiger partial charge in [-0.2, -0.15) is 0 Å². The molecule has 2 aromatic rings. The van der Waals surface area contributed by atoms with Gasteiger partial charge in [0.2, 0.25) is 0 Å². The predicted octanol–water partition coefficient (Wildman–Crippen LogP) is -0.0506.